The van der Waals surface area contributed by atoms with E-state index in [4.69, 9.17) is 30.0 Å². The number of carboxylic acids is 1. The fourth-order valence-electron chi connectivity index (χ4n) is 14.3. The van der Waals surface area contributed by atoms with Crippen LogP contribution in [0, 0.1) is 58.2 Å². The summed E-state index contributed by atoms with van der Waals surface area (Å²) in [5.74, 6) is -22.1. The maximum absolute atomic E-state index is 15.8. The Kier molecular flexibility index (Phi) is 22.1. The minimum absolute atomic E-state index is 0.0531. The lowest BCUT2D eigenvalue weighted by Crippen LogP contribution is -2.11. The first-order valence-electron chi connectivity index (χ1n) is 38.7. The number of phenols is 4. The number of fused-ring (bicyclic) bond motifs is 17. The van der Waals surface area contributed by atoms with Gasteiger partial charge in [-0.2, -0.15) is 0 Å². The summed E-state index contributed by atoms with van der Waals surface area (Å²) in [6.07, 6.45) is 6.40. The highest BCUT2D eigenvalue weighted by atomic mass is 19.2. The van der Waals surface area contributed by atoms with Crippen LogP contribution in [0.5, 0.6) is 23.0 Å². The van der Waals surface area contributed by atoms with Gasteiger partial charge in [0.05, 0.1) is 67.0 Å². The number of nitrogens with one attached hydrogen (secondary N) is 3. The number of halogens is 10. The van der Waals surface area contributed by atoms with Crippen LogP contribution in [0.3, 0.4) is 0 Å². The first kappa shape index (κ1) is 84.5. The summed E-state index contributed by atoms with van der Waals surface area (Å²) in [6.45, 7) is 26.6. The summed E-state index contributed by atoms with van der Waals surface area (Å²) >= 11 is 0. The van der Waals surface area contributed by atoms with Gasteiger partial charge in [0, 0.05) is 112 Å². The Morgan fingerprint density at radius 3 is 1.10 bits per heavy atom. The van der Waals surface area contributed by atoms with Gasteiger partial charge in [-0.05, 0) is 165 Å². The van der Waals surface area contributed by atoms with Crippen molar-refractivity contribution in [2.75, 3.05) is 0 Å². The van der Waals surface area contributed by atoms with E-state index in [1.54, 1.807) is 37.3 Å². The highest BCUT2D eigenvalue weighted by molar-refractivity contribution is 6.10. The molecule has 16 aromatic rings. The molecule has 0 amide bonds. The second-order valence-electron chi connectivity index (χ2n) is 33.7. The van der Waals surface area contributed by atoms with Crippen molar-refractivity contribution in [3.05, 3.63) is 267 Å². The Hall–Kier alpha value is -14.0. The van der Waals surface area contributed by atoms with Gasteiger partial charge in [-0.3, -0.25) is 9.59 Å². The number of carbonyl (C=O) groups is 2. The maximum Gasteiger partial charge on any atom is 0.303 e. The fraction of sp³-hybridized carbons (Fsp3) is 0.186. The van der Waals surface area contributed by atoms with E-state index in [1.807, 2.05) is 163 Å². The lowest BCUT2D eigenvalue weighted by molar-refractivity contribution is -0.136. The predicted molar refractivity (Wildman–Crippen MR) is 458 cm³/mol. The fourth-order valence-corrected chi connectivity index (χ4v) is 14.3. The predicted octanol–water partition coefficient (Wildman–Crippen LogP) is 25.4. The topological polar surface area (TPSA) is 247 Å². The van der Waals surface area contributed by atoms with Gasteiger partial charge in [0.2, 0.25) is 11.6 Å². The highest BCUT2D eigenvalue weighted by Crippen LogP contribution is 2.47. The van der Waals surface area contributed by atoms with Gasteiger partial charge in [-0.1, -0.05) is 139 Å². The van der Waals surface area contributed by atoms with Crippen LogP contribution in [-0.2, 0) is 26.5 Å². The van der Waals surface area contributed by atoms with Crippen LogP contribution in [0.15, 0.2) is 170 Å². The molecule has 8 aromatic heterocycles. The number of aromatic amines is 3. The Morgan fingerprint density at radius 1 is 0.369 bits per heavy atom. The van der Waals surface area contributed by atoms with Crippen molar-refractivity contribution in [3.63, 3.8) is 0 Å². The van der Waals surface area contributed by atoms with Crippen molar-refractivity contribution in [1.29, 1.82) is 0 Å². The Balaban J connectivity index is 0.000000168. The molecular weight excluding hydrogens is 1580 g/mol. The number of aromatic hydroxyl groups is 4. The molecule has 0 atom stereocenters. The maximum atomic E-state index is 15.8. The molecule has 0 aliphatic carbocycles. The average Bonchev–Trinajstić information content (AvgIpc) is 1.21. The molecule has 0 unspecified atom stereocenters. The molecule has 122 heavy (non-hydrogen) atoms. The molecule has 0 spiro atoms. The number of H-pyrrole nitrogens is 3. The van der Waals surface area contributed by atoms with Crippen molar-refractivity contribution in [3.8, 4) is 79.2 Å². The van der Waals surface area contributed by atoms with E-state index in [9.17, 15) is 65.1 Å². The number of carboxylic acid groups (broad SMARTS) is 1. The van der Waals surface area contributed by atoms with Crippen LogP contribution in [0.25, 0.3) is 156 Å². The van der Waals surface area contributed by atoms with Crippen LogP contribution < -0.4 is 0 Å². The number of aromatic nitrogens is 8. The van der Waals surface area contributed by atoms with E-state index in [-0.39, 0.29) is 68.1 Å². The van der Waals surface area contributed by atoms with Crippen LogP contribution in [0.2, 0.25) is 0 Å². The van der Waals surface area contributed by atoms with Gasteiger partial charge < -0.3 is 40.5 Å². The molecule has 25 heteroatoms. The summed E-state index contributed by atoms with van der Waals surface area (Å²) in [5.41, 5.74) is 9.05. The third-order valence-corrected chi connectivity index (χ3v) is 21.4. The molecule has 15 nitrogen and oxygen atoms in total. The lowest BCUT2D eigenvalue weighted by atomic mass is 9.83. The number of aliphatic carboxylic acids is 1. The second kappa shape index (κ2) is 32.0. The molecule has 620 valence electrons. The minimum Gasteiger partial charge on any atom is -0.507 e. The Morgan fingerprint density at radius 2 is 0.705 bits per heavy atom. The Bertz CT molecular complexity index is 6940. The molecule has 1 aliphatic rings. The number of phenolic OH excluding ortho intramolecular Hbond substituents is 4. The van der Waals surface area contributed by atoms with E-state index < -0.39 is 97.9 Å². The second-order valence-corrected chi connectivity index (χ2v) is 33.7. The average molecular weight is 1660 g/mol. The number of hydrogen-bond donors (Lipinski definition) is 8. The van der Waals surface area contributed by atoms with Gasteiger partial charge >= 0.3 is 5.97 Å². The summed E-state index contributed by atoms with van der Waals surface area (Å²) < 4.78 is 138. The third-order valence-electron chi connectivity index (χ3n) is 21.4. The molecule has 17 rings (SSSR count). The number of pyridine rings is 4. The van der Waals surface area contributed by atoms with Crippen LogP contribution in [-0.4, -0.2) is 77.7 Å². The van der Waals surface area contributed by atoms with Gasteiger partial charge in [-0.25, -0.2) is 68.8 Å². The molecule has 0 radical (unpaired) electrons. The standard InChI is InChI=1S/C47H35F5N4O2.C40H38N4O2.C7HF5O.C3H6O2/c1-46(2,3)23-17-25-29-13-15-33(53-29)35(36-37(48)39(50)41(52)40(51)38(36)49)34-16-14-30(54-34)26-18-24(47(4,5)6)20-28(45(26)58)32-12-10-22-8-7-21-9-11-31(27(19-23)44(25)57)55-42(21)43(22)56-32;1-39(2,3)25-19-27(31-9-7-17-41-31)37(45)29(21-25)33-15-13-23-11-12-24-14-16-34(44-36(24)35(23)43-33)30-22-26(40(4,5)6)20-28(38(30)46)32-10-8-18-42-32;8-3-2(1-13)4(9)6(11)7(12)5(3)10;1-2-3(4)5/h7-20,53,57-58H,1-6H3;7-22,41-42,45-46H,1-6H3;1H;2H2,1H3,(H,4,5). The molecule has 1 aliphatic heterocycles. The van der Waals surface area contributed by atoms with Crippen molar-refractivity contribution < 1.29 is 79.0 Å². The van der Waals surface area contributed by atoms with Gasteiger partial charge in [0.25, 0.3) is 0 Å². The van der Waals surface area contributed by atoms with Gasteiger partial charge in [0.1, 0.15) is 23.0 Å². The molecule has 12 bridgehead atoms. The molecule has 9 heterocycles. The van der Waals surface area contributed by atoms with Crippen molar-refractivity contribution in [2.24, 2.45) is 0 Å². The molecular formula is C97H80F10N8O7. The largest absolute Gasteiger partial charge is 0.507 e. The SMILES string of the molecule is CC(C)(C)c1cc(-c2ccc3ccc4ccc(-c5cc(C(C)(C)C)cc(-c6ccc[nH]6)c5O)nc4c3n2)c(O)c(-c2ccc[nH]2)c1.CC(C)(C)c1cc2c3nc(c(-c4c(F)c(F)c(F)c(F)c4F)c4ccc([nH]4)c4cc(C(C)(C)C)cc(c4O)c4ccc5ccc6ccc(nc6c5n4)c(c1)c2O)C=C3.CCC(=O)O.O=Cc1c(F)c(F)c(F)c(F)c1F. The van der Waals surface area contributed by atoms with Crippen LogP contribution in [0.1, 0.15) is 140 Å². The van der Waals surface area contributed by atoms with Gasteiger partial charge in [-0.15, -0.1) is 0 Å². The molecule has 0 saturated heterocycles. The summed E-state index contributed by atoms with van der Waals surface area (Å²) in [6, 6.07) is 49.5. The van der Waals surface area contributed by atoms with Crippen molar-refractivity contribution in [1.82, 2.24) is 39.9 Å². The molecule has 0 fully saturated rings. The van der Waals surface area contributed by atoms with E-state index in [0.29, 0.717) is 60.7 Å². The quantitative estimate of drug-likeness (QED) is 0.0244. The van der Waals surface area contributed by atoms with Crippen LogP contribution in [0.4, 0.5) is 43.9 Å². The first-order valence-corrected chi connectivity index (χ1v) is 38.7. The zero-order chi connectivity index (χ0) is 88.0. The first-order chi connectivity index (χ1) is 57.6. The van der Waals surface area contributed by atoms with E-state index in [0.717, 1.165) is 77.3 Å². The minimum atomic E-state index is -2.30. The lowest BCUT2D eigenvalue weighted by Gasteiger charge is -2.22. The number of rotatable bonds is 7. The number of nitrogens with zero attached hydrogens (tertiary/aromatic N) is 5. The summed E-state index contributed by atoms with van der Waals surface area (Å²) in [5, 5.41) is 59.8. The third kappa shape index (κ3) is 15.8. The van der Waals surface area contributed by atoms with E-state index in [2.05, 4.69) is 68.6 Å². The van der Waals surface area contributed by atoms with E-state index >= 15 is 8.78 Å². The number of benzene rings is 8. The smallest absolute Gasteiger partial charge is 0.303 e. The van der Waals surface area contributed by atoms with Crippen LogP contribution >= 0.6 is 0 Å². The van der Waals surface area contributed by atoms with Gasteiger partial charge in [0.15, 0.2) is 52.8 Å². The van der Waals surface area contributed by atoms with Crippen molar-refractivity contribution >= 4 is 112 Å². The zero-order valence-corrected chi connectivity index (χ0v) is 68.2. The summed E-state index contributed by atoms with van der Waals surface area (Å²) in [7, 11) is 0. The highest BCUT2D eigenvalue weighted by Gasteiger charge is 2.32. The normalized spacial score (nSPS) is 12.1. The number of carbonyl (C=O) groups excluding carboxylic acids is 1. The Labute approximate surface area is 691 Å². The molecule has 0 saturated carbocycles. The summed E-state index contributed by atoms with van der Waals surface area (Å²) in [4.78, 5) is 54.0. The number of hydrogen-bond acceptors (Lipinski definition) is 11. The zero-order valence-electron chi connectivity index (χ0n) is 68.2. The molecule has 8 aromatic carbocycles. The number of aldehydes is 1. The molecule has 8 N–H and O–H groups in total. The van der Waals surface area contributed by atoms with E-state index in [1.165, 1.54) is 18.2 Å². The monoisotopic (exact) mass is 1660 g/mol. The van der Waals surface area contributed by atoms with Crippen molar-refractivity contribution in [2.45, 2.75) is 118 Å².